The molecule has 0 saturated heterocycles. The van der Waals surface area contributed by atoms with Gasteiger partial charge >= 0.3 is 0 Å². The standard InChI is InChI=1S/C13H16N4O3S/c1-8-13(14)15-7-11(16-8)9-4-5-12(20-2)10(6-9)17-21(3,18)19/h4-7,17H,1-3H3,(H2,14,15). The van der Waals surface area contributed by atoms with Crippen LogP contribution in [-0.4, -0.2) is 31.8 Å². The Morgan fingerprint density at radius 1 is 1.33 bits per heavy atom. The first-order valence-corrected chi connectivity index (χ1v) is 7.94. The third-order valence-corrected chi connectivity index (χ3v) is 3.37. The van der Waals surface area contributed by atoms with Crippen LogP contribution < -0.4 is 15.2 Å². The number of nitrogen functional groups attached to an aromatic ring is 1. The van der Waals surface area contributed by atoms with Crippen LogP contribution in [0.3, 0.4) is 0 Å². The van der Waals surface area contributed by atoms with Gasteiger partial charge in [0.05, 0.1) is 36.6 Å². The van der Waals surface area contributed by atoms with E-state index in [-0.39, 0.29) is 0 Å². The summed E-state index contributed by atoms with van der Waals surface area (Å²) in [6.07, 6.45) is 2.61. The van der Waals surface area contributed by atoms with Crippen molar-refractivity contribution in [1.82, 2.24) is 9.97 Å². The van der Waals surface area contributed by atoms with Gasteiger partial charge in [0.2, 0.25) is 10.0 Å². The Balaban J connectivity index is 2.50. The molecule has 2 aromatic rings. The molecule has 0 spiro atoms. The normalized spacial score (nSPS) is 11.2. The predicted octanol–water partition coefficient (Wildman–Crippen LogP) is 1.41. The van der Waals surface area contributed by atoms with Crippen molar-refractivity contribution < 1.29 is 13.2 Å². The van der Waals surface area contributed by atoms with Gasteiger partial charge in [-0.25, -0.2) is 18.4 Å². The van der Waals surface area contributed by atoms with E-state index in [1.807, 2.05) is 0 Å². The third kappa shape index (κ3) is 3.60. The van der Waals surface area contributed by atoms with E-state index in [0.717, 1.165) is 6.26 Å². The van der Waals surface area contributed by atoms with Crippen LogP contribution in [0.1, 0.15) is 5.69 Å². The van der Waals surface area contributed by atoms with Crippen molar-refractivity contribution in [2.24, 2.45) is 0 Å². The van der Waals surface area contributed by atoms with Crippen molar-refractivity contribution in [1.29, 1.82) is 0 Å². The molecule has 0 bridgehead atoms. The quantitative estimate of drug-likeness (QED) is 0.884. The smallest absolute Gasteiger partial charge is 0.229 e. The molecule has 0 aliphatic carbocycles. The van der Waals surface area contributed by atoms with E-state index in [1.165, 1.54) is 13.3 Å². The minimum atomic E-state index is -3.41. The number of aryl methyl sites for hydroxylation is 1. The van der Waals surface area contributed by atoms with E-state index < -0.39 is 10.0 Å². The molecule has 0 amide bonds. The van der Waals surface area contributed by atoms with E-state index in [4.69, 9.17) is 10.5 Å². The van der Waals surface area contributed by atoms with Gasteiger partial charge in [-0.05, 0) is 25.1 Å². The number of aromatic nitrogens is 2. The highest BCUT2D eigenvalue weighted by Crippen LogP contribution is 2.30. The molecule has 8 heteroatoms. The molecule has 112 valence electrons. The Kier molecular flexibility index (Phi) is 3.99. The molecule has 0 aliphatic rings. The molecule has 7 nitrogen and oxygen atoms in total. The number of ether oxygens (including phenoxy) is 1. The van der Waals surface area contributed by atoms with E-state index in [1.54, 1.807) is 25.1 Å². The topological polar surface area (TPSA) is 107 Å². The monoisotopic (exact) mass is 308 g/mol. The van der Waals surface area contributed by atoms with Crippen LogP contribution in [0.5, 0.6) is 5.75 Å². The van der Waals surface area contributed by atoms with Gasteiger partial charge in [-0.15, -0.1) is 0 Å². The maximum Gasteiger partial charge on any atom is 0.229 e. The van der Waals surface area contributed by atoms with Crippen LogP contribution in [0.15, 0.2) is 24.4 Å². The number of anilines is 2. The number of rotatable bonds is 4. The highest BCUT2D eigenvalue weighted by atomic mass is 32.2. The summed E-state index contributed by atoms with van der Waals surface area (Å²) in [5, 5.41) is 0. The van der Waals surface area contributed by atoms with Gasteiger partial charge < -0.3 is 10.5 Å². The molecular formula is C13H16N4O3S. The number of nitrogens with one attached hydrogen (secondary N) is 1. The molecule has 1 aromatic heterocycles. The first kappa shape index (κ1) is 15.0. The summed E-state index contributed by atoms with van der Waals surface area (Å²) >= 11 is 0. The molecular weight excluding hydrogens is 292 g/mol. The fourth-order valence-corrected chi connectivity index (χ4v) is 2.34. The SMILES string of the molecule is COc1ccc(-c2cnc(N)c(C)n2)cc1NS(C)(=O)=O. The van der Waals surface area contributed by atoms with E-state index in [0.29, 0.717) is 34.2 Å². The number of hydrogen-bond donors (Lipinski definition) is 2. The molecule has 0 radical (unpaired) electrons. The molecule has 0 aliphatic heterocycles. The van der Waals surface area contributed by atoms with Gasteiger partial charge in [-0.3, -0.25) is 4.72 Å². The van der Waals surface area contributed by atoms with E-state index >= 15 is 0 Å². The van der Waals surface area contributed by atoms with Crippen LogP contribution in [0, 0.1) is 6.92 Å². The maximum atomic E-state index is 11.4. The highest BCUT2D eigenvalue weighted by Gasteiger charge is 2.11. The van der Waals surface area contributed by atoms with Crippen LogP contribution in [0.2, 0.25) is 0 Å². The molecule has 0 fully saturated rings. The Bertz CT molecular complexity index is 775. The van der Waals surface area contributed by atoms with Gasteiger partial charge in [0, 0.05) is 5.56 Å². The fraction of sp³-hybridized carbons (Fsp3) is 0.231. The maximum absolute atomic E-state index is 11.4. The minimum absolute atomic E-state index is 0.341. The van der Waals surface area contributed by atoms with E-state index in [2.05, 4.69) is 14.7 Å². The molecule has 0 unspecified atom stereocenters. The summed E-state index contributed by atoms with van der Waals surface area (Å²) in [7, 11) is -1.94. The first-order valence-electron chi connectivity index (χ1n) is 6.05. The summed E-state index contributed by atoms with van der Waals surface area (Å²) in [5.74, 6) is 0.783. The summed E-state index contributed by atoms with van der Waals surface area (Å²) in [5.41, 5.74) is 7.90. The lowest BCUT2D eigenvalue weighted by Crippen LogP contribution is -2.10. The lowest BCUT2D eigenvalue weighted by molar-refractivity contribution is 0.417. The molecule has 21 heavy (non-hydrogen) atoms. The molecule has 2 rings (SSSR count). The van der Waals surface area contributed by atoms with Gasteiger partial charge in [-0.1, -0.05) is 0 Å². The molecule has 3 N–H and O–H groups in total. The number of benzene rings is 1. The summed E-state index contributed by atoms with van der Waals surface area (Å²) in [6, 6.07) is 5.07. The average Bonchev–Trinajstić information content (AvgIpc) is 2.40. The fourth-order valence-electron chi connectivity index (χ4n) is 1.78. The highest BCUT2D eigenvalue weighted by molar-refractivity contribution is 7.92. The van der Waals surface area contributed by atoms with E-state index in [9.17, 15) is 8.42 Å². The summed E-state index contributed by atoms with van der Waals surface area (Å²) in [6.45, 7) is 1.75. The second kappa shape index (κ2) is 5.57. The largest absolute Gasteiger partial charge is 0.495 e. The Labute approximate surface area is 123 Å². The zero-order valence-electron chi connectivity index (χ0n) is 11.9. The third-order valence-electron chi connectivity index (χ3n) is 2.78. The number of nitrogens with two attached hydrogens (primary N) is 1. The summed E-state index contributed by atoms with van der Waals surface area (Å²) in [4.78, 5) is 8.38. The molecule has 1 heterocycles. The van der Waals surface area contributed by atoms with Crippen molar-refractivity contribution in [2.45, 2.75) is 6.92 Å². The van der Waals surface area contributed by atoms with Crippen molar-refractivity contribution >= 4 is 21.5 Å². The van der Waals surface area contributed by atoms with Gasteiger partial charge in [0.15, 0.2) is 0 Å². The number of hydrogen-bond acceptors (Lipinski definition) is 6. The number of nitrogens with zero attached hydrogens (tertiary/aromatic N) is 2. The van der Waals surface area contributed by atoms with Crippen molar-refractivity contribution in [3.63, 3.8) is 0 Å². The first-order chi connectivity index (χ1) is 9.80. The van der Waals surface area contributed by atoms with Gasteiger partial charge in [0.25, 0.3) is 0 Å². The van der Waals surface area contributed by atoms with Gasteiger partial charge in [-0.2, -0.15) is 0 Å². The zero-order valence-corrected chi connectivity index (χ0v) is 12.7. The lowest BCUT2D eigenvalue weighted by Gasteiger charge is -2.12. The zero-order chi connectivity index (χ0) is 15.6. The number of sulfonamides is 1. The van der Waals surface area contributed by atoms with Crippen LogP contribution in [0.25, 0.3) is 11.3 Å². The van der Waals surface area contributed by atoms with Crippen molar-refractivity contribution in [3.8, 4) is 17.0 Å². The minimum Gasteiger partial charge on any atom is -0.495 e. The van der Waals surface area contributed by atoms with Crippen LogP contribution in [-0.2, 0) is 10.0 Å². The Morgan fingerprint density at radius 2 is 2.05 bits per heavy atom. The average molecular weight is 308 g/mol. The lowest BCUT2D eigenvalue weighted by atomic mass is 10.1. The summed E-state index contributed by atoms with van der Waals surface area (Å²) < 4.78 is 30.4. The van der Waals surface area contributed by atoms with Crippen molar-refractivity contribution in [2.75, 3.05) is 23.8 Å². The van der Waals surface area contributed by atoms with Crippen molar-refractivity contribution in [3.05, 3.63) is 30.1 Å². The Hall–Kier alpha value is -2.35. The van der Waals surface area contributed by atoms with Crippen LogP contribution in [0.4, 0.5) is 11.5 Å². The van der Waals surface area contributed by atoms with Gasteiger partial charge in [0.1, 0.15) is 11.6 Å². The molecule has 1 aromatic carbocycles. The molecule has 0 atom stereocenters. The van der Waals surface area contributed by atoms with Crippen LogP contribution >= 0.6 is 0 Å². The number of methoxy groups -OCH3 is 1. The second-order valence-corrected chi connectivity index (χ2v) is 6.26. The molecule has 0 saturated carbocycles. The second-order valence-electron chi connectivity index (χ2n) is 4.52. The predicted molar refractivity (Wildman–Crippen MR) is 81.6 cm³/mol. The Morgan fingerprint density at radius 3 is 2.62 bits per heavy atom.